The molecular weight excluding hydrogens is 278 g/mol. The summed E-state index contributed by atoms with van der Waals surface area (Å²) in [5.41, 5.74) is 7.79. The number of sulfonamides is 1. The first-order valence-corrected chi connectivity index (χ1v) is 7.83. The molecule has 0 saturated heterocycles. The van der Waals surface area contributed by atoms with Gasteiger partial charge >= 0.3 is 0 Å². The van der Waals surface area contributed by atoms with Crippen LogP contribution in [-0.4, -0.2) is 34.0 Å². The first-order chi connectivity index (χ1) is 9.43. The summed E-state index contributed by atoms with van der Waals surface area (Å²) in [5.74, 6) is 0.0781. The first-order valence-electron chi connectivity index (χ1n) is 6.39. The van der Waals surface area contributed by atoms with Gasteiger partial charge in [-0.3, -0.25) is 5.10 Å². The zero-order valence-corrected chi connectivity index (χ0v) is 12.2. The molecule has 7 nitrogen and oxygen atoms in total. The number of anilines is 1. The number of hydrogen-bond acceptors (Lipinski definition) is 4. The molecule has 20 heavy (non-hydrogen) atoms. The number of nitrogen functional groups attached to an aromatic ring is 1. The molecule has 0 spiro atoms. The summed E-state index contributed by atoms with van der Waals surface area (Å²) in [6.45, 7) is 4.98. The van der Waals surface area contributed by atoms with Crippen molar-refractivity contribution >= 4 is 15.8 Å². The van der Waals surface area contributed by atoms with E-state index in [2.05, 4.69) is 14.8 Å². The molecule has 2 aromatic heterocycles. The minimum absolute atomic E-state index is 0.0427. The lowest BCUT2D eigenvalue weighted by Crippen LogP contribution is -2.41. The van der Waals surface area contributed by atoms with E-state index in [0.717, 1.165) is 11.4 Å². The highest BCUT2D eigenvalue weighted by Crippen LogP contribution is 2.33. The van der Waals surface area contributed by atoms with Crippen LogP contribution < -0.4 is 5.73 Å². The van der Waals surface area contributed by atoms with Crippen molar-refractivity contribution in [3.8, 4) is 0 Å². The van der Waals surface area contributed by atoms with Crippen LogP contribution in [0, 0.1) is 6.92 Å². The van der Waals surface area contributed by atoms with Crippen molar-refractivity contribution in [1.82, 2.24) is 19.1 Å². The molecule has 3 rings (SSSR count). The molecule has 1 aliphatic heterocycles. The van der Waals surface area contributed by atoms with Gasteiger partial charge in [0.1, 0.15) is 10.7 Å². The van der Waals surface area contributed by atoms with Crippen LogP contribution in [-0.2, 0) is 16.6 Å². The van der Waals surface area contributed by atoms with Gasteiger partial charge in [0.2, 0.25) is 10.0 Å². The van der Waals surface area contributed by atoms with Crippen molar-refractivity contribution in [2.24, 2.45) is 0 Å². The predicted molar refractivity (Wildman–Crippen MR) is 74.5 cm³/mol. The van der Waals surface area contributed by atoms with Gasteiger partial charge in [0.15, 0.2) is 0 Å². The molecule has 108 valence electrons. The minimum Gasteiger partial charge on any atom is -0.383 e. The van der Waals surface area contributed by atoms with Gasteiger partial charge in [-0.1, -0.05) is 0 Å². The van der Waals surface area contributed by atoms with Crippen molar-refractivity contribution in [3.63, 3.8) is 0 Å². The summed E-state index contributed by atoms with van der Waals surface area (Å²) in [5, 5.41) is 6.16. The van der Waals surface area contributed by atoms with Crippen molar-refractivity contribution in [3.05, 3.63) is 29.7 Å². The molecular formula is C12H17N5O2S. The highest BCUT2D eigenvalue weighted by molar-refractivity contribution is 7.89. The quantitative estimate of drug-likeness (QED) is 0.859. The number of rotatable bonds is 2. The number of nitrogens with zero attached hydrogens (tertiary/aromatic N) is 3. The molecule has 1 aliphatic rings. The monoisotopic (exact) mass is 295 g/mol. The molecule has 0 radical (unpaired) electrons. The van der Waals surface area contributed by atoms with Gasteiger partial charge < -0.3 is 10.3 Å². The van der Waals surface area contributed by atoms with Crippen molar-refractivity contribution < 1.29 is 8.42 Å². The average Bonchev–Trinajstić information content (AvgIpc) is 2.97. The number of aryl methyl sites for hydroxylation is 1. The van der Waals surface area contributed by atoms with Crippen LogP contribution in [0.3, 0.4) is 0 Å². The van der Waals surface area contributed by atoms with Crippen LogP contribution in [0.25, 0.3) is 0 Å². The Morgan fingerprint density at radius 1 is 1.40 bits per heavy atom. The molecule has 3 N–H and O–H groups in total. The molecule has 0 bridgehead atoms. The fraction of sp³-hybridized carbons (Fsp3) is 0.417. The minimum atomic E-state index is -3.63. The zero-order valence-electron chi connectivity index (χ0n) is 11.4. The molecule has 1 unspecified atom stereocenters. The third-order valence-electron chi connectivity index (χ3n) is 3.86. The third-order valence-corrected chi connectivity index (χ3v) is 5.85. The highest BCUT2D eigenvalue weighted by atomic mass is 32.2. The molecule has 0 fully saturated rings. The Bertz CT molecular complexity index is 746. The molecule has 0 aromatic carbocycles. The van der Waals surface area contributed by atoms with E-state index in [-0.39, 0.29) is 16.8 Å². The van der Waals surface area contributed by atoms with Crippen molar-refractivity contribution in [2.45, 2.75) is 31.3 Å². The maximum atomic E-state index is 12.7. The van der Waals surface area contributed by atoms with Gasteiger partial charge in [-0.2, -0.15) is 9.40 Å². The molecule has 8 heteroatoms. The summed E-state index contributed by atoms with van der Waals surface area (Å²) in [6, 6.07) is 3.76. The van der Waals surface area contributed by atoms with Crippen LogP contribution >= 0.6 is 0 Å². The summed E-state index contributed by atoms with van der Waals surface area (Å²) in [6.07, 6.45) is 1.26. The van der Waals surface area contributed by atoms with Crippen LogP contribution in [0.4, 0.5) is 5.82 Å². The average molecular weight is 295 g/mol. The Labute approximate surface area is 117 Å². The highest BCUT2D eigenvalue weighted by Gasteiger charge is 2.36. The fourth-order valence-electron chi connectivity index (χ4n) is 2.74. The first kappa shape index (κ1) is 13.2. The van der Waals surface area contributed by atoms with E-state index in [9.17, 15) is 8.42 Å². The van der Waals surface area contributed by atoms with E-state index < -0.39 is 10.0 Å². The Hall–Kier alpha value is -1.80. The van der Waals surface area contributed by atoms with Crippen molar-refractivity contribution in [1.29, 1.82) is 0 Å². The Morgan fingerprint density at radius 3 is 2.80 bits per heavy atom. The van der Waals surface area contributed by atoms with Gasteiger partial charge in [0, 0.05) is 24.5 Å². The maximum Gasteiger partial charge on any atom is 0.248 e. The van der Waals surface area contributed by atoms with Crippen LogP contribution in [0.5, 0.6) is 0 Å². The smallest absolute Gasteiger partial charge is 0.248 e. The summed E-state index contributed by atoms with van der Waals surface area (Å²) in [7, 11) is -3.63. The molecule has 0 saturated carbocycles. The summed E-state index contributed by atoms with van der Waals surface area (Å²) in [4.78, 5) is 0.0427. The van der Waals surface area contributed by atoms with Crippen molar-refractivity contribution in [2.75, 3.05) is 12.3 Å². The second kappa shape index (κ2) is 4.35. The van der Waals surface area contributed by atoms with Gasteiger partial charge in [0.25, 0.3) is 0 Å². The van der Waals surface area contributed by atoms with E-state index in [1.54, 1.807) is 0 Å². The van der Waals surface area contributed by atoms with Gasteiger partial charge in [-0.15, -0.1) is 0 Å². The normalized spacial score (nSPS) is 20.0. The number of H-pyrrole nitrogens is 1. The van der Waals surface area contributed by atoms with E-state index >= 15 is 0 Å². The summed E-state index contributed by atoms with van der Waals surface area (Å²) >= 11 is 0. The SMILES string of the molecule is Cc1ccc2n1CCN(S(=O)(=O)c1cn[nH]c1N)C2C. The van der Waals surface area contributed by atoms with Gasteiger partial charge in [0.05, 0.1) is 12.2 Å². The van der Waals surface area contributed by atoms with Gasteiger partial charge in [-0.05, 0) is 26.0 Å². The number of hydrogen-bond donors (Lipinski definition) is 2. The van der Waals surface area contributed by atoms with Crippen LogP contribution in [0.15, 0.2) is 23.2 Å². The second-order valence-electron chi connectivity index (χ2n) is 4.99. The molecule has 2 aromatic rings. The van der Waals surface area contributed by atoms with Gasteiger partial charge in [-0.25, -0.2) is 8.42 Å². The van der Waals surface area contributed by atoms with E-state index in [0.29, 0.717) is 13.1 Å². The second-order valence-corrected chi connectivity index (χ2v) is 6.85. The molecule has 1 atom stereocenters. The topological polar surface area (TPSA) is 97.0 Å². The Morgan fingerprint density at radius 2 is 2.15 bits per heavy atom. The molecule has 0 amide bonds. The lowest BCUT2D eigenvalue weighted by Gasteiger charge is -2.34. The maximum absolute atomic E-state index is 12.7. The molecule has 3 heterocycles. The van der Waals surface area contributed by atoms with Crippen LogP contribution in [0.2, 0.25) is 0 Å². The summed E-state index contributed by atoms with van der Waals surface area (Å²) < 4.78 is 29.0. The largest absolute Gasteiger partial charge is 0.383 e. The Kier molecular flexibility index (Phi) is 2.87. The lowest BCUT2D eigenvalue weighted by atomic mass is 10.2. The Balaban J connectivity index is 2.03. The standard InChI is InChI=1S/C12H17N5O2S/c1-8-3-4-10-9(2)17(6-5-16(8)10)20(18,19)11-7-14-15-12(11)13/h3-4,7,9H,5-6H2,1-2H3,(H3,13,14,15). The number of nitrogens with two attached hydrogens (primary N) is 1. The van der Waals surface area contributed by atoms with E-state index in [1.807, 2.05) is 26.0 Å². The predicted octanol–water partition coefficient (Wildman–Crippen LogP) is 0.867. The number of nitrogens with one attached hydrogen (secondary N) is 1. The number of fused-ring (bicyclic) bond motifs is 1. The number of aromatic nitrogens is 3. The third kappa shape index (κ3) is 1.75. The van der Waals surface area contributed by atoms with E-state index in [1.165, 1.54) is 10.5 Å². The number of aromatic amines is 1. The van der Waals surface area contributed by atoms with E-state index in [4.69, 9.17) is 5.73 Å². The zero-order chi connectivity index (χ0) is 14.5. The lowest BCUT2D eigenvalue weighted by molar-refractivity contribution is 0.280. The fourth-order valence-corrected chi connectivity index (χ4v) is 4.35. The molecule has 0 aliphatic carbocycles. The van der Waals surface area contributed by atoms with Crippen LogP contribution in [0.1, 0.15) is 24.4 Å².